The van der Waals surface area contributed by atoms with E-state index in [-0.39, 0.29) is 0 Å². The minimum atomic E-state index is -3.24. The number of hydrogen-bond donors (Lipinski definition) is 1. The first kappa shape index (κ1) is 19.9. The van der Waals surface area contributed by atoms with Crippen molar-refractivity contribution in [2.45, 2.75) is 6.54 Å². The first-order valence-electron chi connectivity index (χ1n) is 9.51. The summed E-state index contributed by atoms with van der Waals surface area (Å²) in [5.41, 5.74) is 3.91. The molecule has 1 aliphatic heterocycles. The van der Waals surface area contributed by atoms with E-state index in [9.17, 15) is 8.42 Å². The molecule has 1 aromatic heterocycles. The Hall–Kier alpha value is -2.42. The Morgan fingerprint density at radius 1 is 1.00 bits per heavy atom. The summed E-state index contributed by atoms with van der Waals surface area (Å²) in [4.78, 5) is 9.56. The summed E-state index contributed by atoms with van der Waals surface area (Å²) >= 11 is 1.72. The average molecular weight is 429 g/mol. The molecule has 0 atom stereocenters. The van der Waals surface area contributed by atoms with Crippen molar-refractivity contribution in [2.75, 3.05) is 42.1 Å². The Morgan fingerprint density at radius 3 is 2.34 bits per heavy atom. The van der Waals surface area contributed by atoms with E-state index in [1.54, 1.807) is 11.3 Å². The van der Waals surface area contributed by atoms with Gasteiger partial charge >= 0.3 is 0 Å². The van der Waals surface area contributed by atoms with Gasteiger partial charge in [0.25, 0.3) is 0 Å². The van der Waals surface area contributed by atoms with Crippen molar-refractivity contribution in [2.24, 2.45) is 0 Å². The van der Waals surface area contributed by atoms with Crippen LogP contribution in [0.3, 0.4) is 0 Å². The fourth-order valence-electron chi connectivity index (χ4n) is 3.43. The molecule has 1 saturated heterocycles. The molecule has 6 nitrogen and oxygen atoms in total. The number of aromatic nitrogens is 1. The molecular weight excluding hydrogens is 404 g/mol. The Morgan fingerprint density at radius 2 is 1.69 bits per heavy atom. The van der Waals surface area contributed by atoms with E-state index in [1.165, 1.54) is 0 Å². The van der Waals surface area contributed by atoms with Gasteiger partial charge in [-0.3, -0.25) is 9.62 Å². The lowest BCUT2D eigenvalue weighted by Gasteiger charge is -2.35. The number of piperazine rings is 1. The largest absolute Gasteiger partial charge is 0.369 e. The van der Waals surface area contributed by atoms with Crippen molar-refractivity contribution in [3.05, 3.63) is 65.0 Å². The highest BCUT2D eigenvalue weighted by molar-refractivity contribution is 7.92. The minimum absolute atomic E-state index is 0.591. The van der Waals surface area contributed by atoms with Gasteiger partial charge in [0.05, 0.1) is 18.5 Å². The molecule has 0 saturated carbocycles. The van der Waals surface area contributed by atoms with E-state index in [1.807, 2.05) is 42.5 Å². The van der Waals surface area contributed by atoms with Gasteiger partial charge in [0, 0.05) is 48.5 Å². The van der Waals surface area contributed by atoms with Crippen LogP contribution in [0.2, 0.25) is 0 Å². The zero-order valence-corrected chi connectivity index (χ0v) is 17.9. The van der Waals surface area contributed by atoms with Crippen LogP contribution in [0.5, 0.6) is 0 Å². The number of nitrogens with one attached hydrogen (secondary N) is 1. The molecule has 3 aromatic rings. The third-order valence-electron chi connectivity index (χ3n) is 4.89. The summed E-state index contributed by atoms with van der Waals surface area (Å²) in [5, 5.41) is 3.28. The van der Waals surface area contributed by atoms with Gasteiger partial charge in [-0.2, -0.15) is 0 Å². The SMILES string of the molecule is CS(=O)(=O)Nc1ccc(N2CCN(Cc3nc(-c4ccccc4)cs3)CC2)cc1. The minimum Gasteiger partial charge on any atom is -0.369 e. The molecule has 0 unspecified atom stereocenters. The Balaban J connectivity index is 1.31. The normalized spacial score (nSPS) is 15.4. The molecule has 29 heavy (non-hydrogen) atoms. The summed E-state index contributed by atoms with van der Waals surface area (Å²) in [6.07, 6.45) is 1.16. The monoisotopic (exact) mass is 428 g/mol. The average Bonchev–Trinajstić information content (AvgIpc) is 3.17. The van der Waals surface area contributed by atoms with Gasteiger partial charge in [-0.25, -0.2) is 13.4 Å². The Labute approximate surface area is 175 Å². The van der Waals surface area contributed by atoms with E-state index < -0.39 is 10.0 Å². The van der Waals surface area contributed by atoms with Crippen molar-refractivity contribution < 1.29 is 8.42 Å². The van der Waals surface area contributed by atoms with Crippen molar-refractivity contribution in [1.82, 2.24) is 9.88 Å². The summed E-state index contributed by atoms with van der Waals surface area (Å²) in [7, 11) is -3.24. The number of sulfonamides is 1. The second kappa shape index (κ2) is 8.52. The summed E-state index contributed by atoms with van der Waals surface area (Å²) < 4.78 is 25.1. The van der Waals surface area contributed by atoms with Crippen LogP contribution in [0, 0.1) is 0 Å². The van der Waals surface area contributed by atoms with Crippen LogP contribution in [0.1, 0.15) is 5.01 Å². The topological polar surface area (TPSA) is 65.5 Å². The van der Waals surface area contributed by atoms with Crippen LogP contribution in [-0.4, -0.2) is 50.7 Å². The molecule has 1 fully saturated rings. The first-order chi connectivity index (χ1) is 14.0. The predicted molar refractivity (Wildman–Crippen MR) is 120 cm³/mol. The highest BCUT2D eigenvalue weighted by Crippen LogP contribution is 2.24. The van der Waals surface area contributed by atoms with E-state index in [0.717, 1.165) is 60.9 Å². The van der Waals surface area contributed by atoms with Crippen LogP contribution in [0.25, 0.3) is 11.3 Å². The molecule has 2 heterocycles. The number of anilines is 2. The quantitative estimate of drug-likeness (QED) is 0.651. The lowest BCUT2D eigenvalue weighted by atomic mass is 10.2. The van der Waals surface area contributed by atoms with Gasteiger partial charge in [-0.1, -0.05) is 30.3 Å². The molecule has 152 valence electrons. The molecule has 0 amide bonds. The molecule has 0 aliphatic carbocycles. The molecule has 4 rings (SSSR count). The maximum atomic E-state index is 11.3. The summed E-state index contributed by atoms with van der Waals surface area (Å²) in [6.45, 7) is 4.71. The molecule has 1 aliphatic rings. The molecule has 8 heteroatoms. The highest BCUT2D eigenvalue weighted by Gasteiger charge is 2.18. The van der Waals surface area contributed by atoms with Crippen molar-refractivity contribution in [3.8, 4) is 11.3 Å². The van der Waals surface area contributed by atoms with Gasteiger partial charge in [0.2, 0.25) is 10.0 Å². The molecule has 0 radical (unpaired) electrons. The van der Waals surface area contributed by atoms with Crippen LogP contribution in [-0.2, 0) is 16.6 Å². The standard InChI is InChI=1S/C21H24N4O2S2/c1-29(26,27)23-18-7-9-19(10-8-18)25-13-11-24(12-14-25)15-21-22-20(16-28-21)17-5-3-2-4-6-17/h2-10,16,23H,11-15H2,1H3. The maximum absolute atomic E-state index is 11.3. The zero-order valence-electron chi connectivity index (χ0n) is 16.3. The third-order valence-corrected chi connectivity index (χ3v) is 6.33. The van der Waals surface area contributed by atoms with Crippen molar-refractivity contribution in [3.63, 3.8) is 0 Å². The first-order valence-corrected chi connectivity index (χ1v) is 12.3. The summed E-state index contributed by atoms with van der Waals surface area (Å²) in [5.74, 6) is 0. The van der Waals surface area contributed by atoms with E-state index in [2.05, 4.69) is 32.0 Å². The lowest BCUT2D eigenvalue weighted by molar-refractivity contribution is 0.249. The number of rotatable bonds is 6. The zero-order chi connectivity index (χ0) is 20.3. The smallest absolute Gasteiger partial charge is 0.229 e. The molecule has 0 bridgehead atoms. The van der Waals surface area contributed by atoms with Gasteiger partial charge in [0.1, 0.15) is 5.01 Å². The van der Waals surface area contributed by atoms with Gasteiger partial charge in [-0.15, -0.1) is 11.3 Å². The second-order valence-electron chi connectivity index (χ2n) is 7.18. The Bertz CT molecular complexity index is 1040. The molecule has 2 aromatic carbocycles. The maximum Gasteiger partial charge on any atom is 0.229 e. The fourth-order valence-corrected chi connectivity index (χ4v) is 4.84. The number of thiazole rings is 1. The van der Waals surface area contributed by atoms with Crippen LogP contribution >= 0.6 is 11.3 Å². The Kier molecular flexibility index (Phi) is 5.84. The lowest BCUT2D eigenvalue weighted by Crippen LogP contribution is -2.45. The van der Waals surface area contributed by atoms with Gasteiger partial charge in [-0.05, 0) is 24.3 Å². The molecule has 0 spiro atoms. The third kappa shape index (κ3) is 5.35. The van der Waals surface area contributed by atoms with Crippen molar-refractivity contribution in [1.29, 1.82) is 0 Å². The van der Waals surface area contributed by atoms with Gasteiger partial charge in [0.15, 0.2) is 0 Å². The van der Waals surface area contributed by atoms with E-state index in [4.69, 9.17) is 4.98 Å². The molecule has 1 N–H and O–H groups in total. The fraction of sp³-hybridized carbons (Fsp3) is 0.286. The number of nitrogens with zero attached hydrogens (tertiary/aromatic N) is 3. The predicted octanol–water partition coefficient (Wildman–Crippen LogP) is 3.50. The van der Waals surface area contributed by atoms with E-state index in [0.29, 0.717) is 5.69 Å². The van der Waals surface area contributed by atoms with Crippen LogP contribution in [0.15, 0.2) is 60.0 Å². The molecular formula is C21H24N4O2S2. The summed E-state index contributed by atoms with van der Waals surface area (Å²) in [6, 6.07) is 17.8. The number of hydrogen-bond acceptors (Lipinski definition) is 6. The number of benzene rings is 2. The van der Waals surface area contributed by atoms with E-state index >= 15 is 0 Å². The van der Waals surface area contributed by atoms with Crippen LogP contribution < -0.4 is 9.62 Å². The van der Waals surface area contributed by atoms with Crippen molar-refractivity contribution >= 4 is 32.7 Å². The van der Waals surface area contributed by atoms with Crippen LogP contribution in [0.4, 0.5) is 11.4 Å². The van der Waals surface area contributed by atoms with Gasteiger partial charge < -0.3 is 4.90 Å². The highest BCUT2D eigenvalue weighted by atomic mass is 32.2. The second-order valence-corrected chi connectivity index (χ2v) is 9.87.